The normalized spacial score (nSPS) is 22.4. The molecule has 1 N–H and O–H groups in total. The van der Waals surface area contributed by atoms with E-state index in [0.717, 1.165) is 32.1 Å². The van der Waals surface area contributed by atoms with Gasteiger partial charge in [-0.25, -0.2) is 0 Å². The average Bonchev–Trinajstić information content (AvgIpc) is 2.31. The Hall–Kier alpha value is -0.120. The number of hydrogen-bond acceptors (Lipinski definition) is 3. The Balaban J connectivity index is 0.00000121. The van der Waals surface area contributed by atoms with E-state index in [2.05, 4.69) is 30.6 Å². The van der Waals surface area contributed by atoms with Gasteiger partial charge >= 0.3 is 0 Å². The van der Waals surface area contributed by atoms with E-state index in [4.69, 9.17) is 5.11 Å². The van der Waals surface area contributed by atoms with Crippen LogP contribution in [0.2, 0.25) is 0 Å². The van der Waals surface area contributed by atoms with Gasteiger partial charge < -0.3 is 5.11 Å². The van der Waals surface area contributed by atoms with Crippen molar-refractivity contribution in [3.63, 3.8) is 0 Å². The standard InChI is InChI=1S/C12H26N2O.C2H6/c1-11(2)4-5-14-7-6-13(8-9-15)10-12(14)3;1-2/h11-12,15H,4-10H2,1-3H3;1-2H3/t12-;/m1./s1. The zero-order valence-corrected chi connectivity index (χ0v) is 12.4. The van der Waals surface area contributed by atoms with Crippen molar-refractivity contribution >= 4 is 0 Å². The predicted molar refractivity (Wildman–Crippen MR) is 75.4 cm³/mol. The molecule has 0 aromatic carbocycles. The van der Waals surface area contributed by atoms with Crippen LogP contribution in [0.4, 0.5) is 0 Å². The summed E-state index contributed by atoms with van der Waals surface area (Å²) in [5.74, 6) is 0.799. The molecular formula is C14H32N2O. The van der Waals surface area contributed by atoms with Crippen LogP contribution >= 0.6 is 0 Å². The van der Waals surface area contributed by atoms with Crippen molar-refractivity contribution in [2.24, 2.45) is 5.92 Å². The molecular weight excluding hydrogens is 212 g/mol. The second-order valence-electron chi connectivity index (χ2n) is 5.09. The molecule has 1 aliphatic rings. The van der Waals surface area contributed by atoms with Crippen LogP contribution < -0.4 is 0 Å². The highest BCUT2D eigenvalue weighted by Crippen LogP contribution is 2.11. The summed E-state index contributed by atoms with van der Waals surface area (Å²) in [5.41, 5.74) is 0. The molecule has 0 radical (unpaired) electrons. The summed E-state index contributed by atoms with van der Waals surface area (Å²) in [6.07, 6.45) is 1.30. The van der Waals surface area contributed by atoms with Gasteiger partial charge in [0.2, 0.25) is 0 Å². The van der Waals surface area contributed by atoms with E-state index in [0.29, 0.717) is 12.6 Å². The first kappa shape index (κ1) is 16.9. The fraction of sp³-hybridized carbons (Fsp3) is 1.00. The van der Waals surface area contributed by atoms with Crippen LogP contribution in [0.25, 0.3) is 0 Å². The summed E-state index contributed by atoms with van der Waals surface area (Å²) in [6, 6.07) is 0.643. The molecule has 1 rings (SSSR count). The second kappa shape index (κ2) is 9.86. The van der Waals surface area contributed by atoms with Crippen molar-refractivity contribution in [3.8, 4) is 0 Å². The van der Waals surface area contributed by atoms with Gasteiger partial charge in [-0.05, 0) is 25.8 Å². The molecule has 0 amide bonds. The van der Waals surface area contributed by atoms with E-state index >= 15 is 0 Å². The topological polar surface area (TPSA) is 26.7 Å². The van der Waals surface area contributed by atoms with Gasteiger partial charge in [-0.1, -0.05) is 27.7 Å². The van der Waals surface area contributed by atoms with Gasteiger partial charge in [-0.2, -0.15) is 0 Å². The maximum absolute atomic E-state index is 8.89. The average molecular weight is 244 g/mol. The third-order valence-corrected chi connectivity index (χ3v) is 3.26. The quantitative estimate of drug-likeness (QED) is 0.802. The number of nitrogens with zero attached hydrogens (tertiary/aromatic N) is 2. The first-order chi connectivity index (χ1) is 8.13. The molecule has 3 nitrogen and oxygen atoms in total. The van der Waals surface area contributed by atoms with Gasteiger partial charge in [0.15, 0.2) is 0 Å². The van der Waals surface area contributed by atoms with E-state index in [-0.39, 0.29) is 0 Å². The van der Waals surface area contributed by atoms with E-state index in [1.807, 2.05) is 13.8 Å². The summed E-state index contributed by atoms with van der Waals surface area (Å²) in [7, 11) is 0. The monoisotopic (exact) mass is 244 g/mol. The van der Waals surface area contributed by atoms with Gasteiger partial charge in [-0.3, -0.25) is 9.80 Å². The lowest BCUT2D eigenvalue weighted by Gasteiger charge is -2.40. The predicted octanol–water partition coefficient (Wildman–Crippen LogP) is 2.06. The molecule has 0 aliphatic carbocycles. The van der Waals surface area contributed by atoms with Crippen LogP contribution in [0, 0.1) is 5.92 Å². The van der Waals surface area contributed by atoms with E-state index in [9.17, 15) is 0 Å². The van der Waals surface area contributed by atoms with Crippen LogP contribution in [-0.4, -0.2) is 60.3 Å². The fourth-order valence-corrected chi connectivity index (χ4v) is 2.17. The van der Waals surface area contributed by atoms with E-state index in [1.54, 1.807) is 0 Å². The summed E-state index contributed by atoms with van der Waals surface area (Å²) >= 11 is 0. The third-order valence-electron chi connectivity index (χ3n) is 3.26. The molecule has 1 atom stereocenters. The molecule has 0 spiro atoms. The summed E-state index contributed by atoms with van der Waals surface area (Å²) in [6.45, 7) is 16.6. The number of rotatable bonds is 5. The van der Waals surface area contributed by atoms with Gasteiger partial charge in [0.1, 0.15) is 0 Å². The molecule has 1 fully saturated rings. The molecule has 0 aromatic heterocycles. The Morgan fingerprint density at radius 1 is 1.18 bits per heavy atom. The first-order valence-electron chi connectivity index (χ1n) is 7.20. The van der Waals surface area contributed by atoms with Gasteiger partial charge in [0.05, 0.1) is 6.61 Å². The largest absolute Gasteiger partial charge is 0.395 e. The lowest BCUT2D eigenvalue weighted by Crippen LogP contribution is -2.52. The summed E-state index contributed by atoms with van der Waals surface area (Å²) < 4.78 is 0. The third kappa shape index (κ3) is 7.02. The van der Waals surface area contributed by atoms with E-state index < -0.39 is 0 Å². The molecule has 104 valence electrons. The van der Waals surface area contributed by atoms with Crippen LogP contribution in [0.5, 0.6) is 0 Å². The molecule has 0 aromatic rings. The summed E-state index contributed by atoms with van der Waals surface area (Å²) in [4.78, 5) is 4.93. The minimum Gasteiger partial charge on any atom is -0.395 e. The number of aliphatic hydroxyl groups is 1. The van der Waals surface area contributed by atoms with Crippen LogP contribution in [0.3, 0.4) is 0 Å². The molecule has 1 saturated heterocycles. The first-order valence-corrected chi connectivity index (χ1v) is 7.20. The molecule has 3 heteroatoms. The smallest absolute Gasteiger partial charge is 0.0558 e. The molecule has 0 bridgehead atoms. The Bertz CT molecular complexity index is 174. The van der Waals surface area contributed by atoms with Crippen molar-refractivity contribution in [2.75, 3.05) is 39.3 Å². The molecule has 17 heavy (non-hydrogen) atoms. The maximum Gasteiger partial charge on any atom is 0.0558 e. The Morgan fingerprint density at radius 3 is 2.29 bits per heavy atom. The van der Waals surface area contributed by atoms with Crippen molar-refractivity contribution < 1.29 is 5.11 Å². The van der Waals surface area contributed by atoms with Gasteiger partial charge in [0, 0.05) is 32.2 Å². The minimum atomic E-state index is 0.290. The van der Waals surface area contributed by atoms with Crippen LogP contribution in [-0.2, 0) is 0 Å². The molecule has 0 saturated carbocycles. The lowest BCUT2D eigenvalue weighted by atomic mass is 10.1. The summed E-state index contributed by atoms with van der Waals surface area (Å²) in [5, 5.41) is 8.89. The fourth-order valence-electron chi connectivity index (χ4n) is 2.17. The lowest BCUT2D eigenvalue weighted by molar-refractivity contribution is 0.0685. The van der Waals surface area contributed by atoms with Crippen molar-refractivity contribution in [2.45, 2.75) is 47.1 Å². The number of piperazine rings is 1. The van der Waals surface area contributed by atoms with Crippen molar-refractivity contribution in [3.05, 3.63) is 0 Å². The zero-order chi connectivity index (χ0) is 13.3. The molecule has 0 unspecified atom stereocenters. The molecule has 1 aliphatic heterocycles. The number of β-amino-alcohol motifs (C(OH)–C–C–N with tert-alkyl or cyclic N) is 1. The van der Waals surface area contributed by atoms with Gasteiger partial charge in [0.25, 0.3) is 0 Å². The van der Waals surface area contributed by atoms with E-state index in [1.165, 1.54) is 13.0 Å². The second-order valence-corrected chi connectivity index (χ2v) is 5.09. The number of aliphatic hydroxyl groups excluding tert-OH is 1. The van der Waals surface area contributed by atoms with Crippen LogP contribution in [0.15, 0.2) is 0 Å². The highest BCUT2D eigenvalue weighted by atomic mass is 16.3. The maximum atomic E-state index is 8.89. The highest BCUT2D eigenvalue weighted by Gasteiger charge is 2.22. The highest BCUT2D eigenvalue weighted by molar-refractivity contribution is 4.78. The SMILES string of the molecule is CC.CC(C)CCN1CCN(CCO)C[C@H]1C. The van der Waals surface area contributed by atoms with Crippen molar-refractivity contribution in [1.82, 2.24) is 9.80 Å². The molecule has 1 heterocycles. The van der Waals surface area contributed by atoms with Crippen LogP contribution in [0.1, 0.15) is 41.0 Å². The Kier molecular flexibility index (Phi) is 9.79. The number of hydrogen-bond donors (Lipinski definition) is 1. The van der Waals surface area contributed by atoms with Crippen molar-refractivity contribution in [1.29, 1.82) is 0 Å². The Morgan fingerprint density at radius 2 is 1.82 bits per heavy atom. The zero-order valence-electron chi connectivity index (χ0n) is 12.4. The minimum absolute atomic E-state index is 0.290. The Labute approximate surface area is 108 Å². The van der Waals surface area contributed by atoms with Gasteiger partial charge in [-0.15, -0.1) is 0 Å².